The van der Waals surface area contributed by atoms with E-state index in [-0.39, 0.29) is 0 Å². The first-order valence-corrected chi connectivity index (χ1v) is 3.77. The van der Waals surface area contributed by atoms with Crippen molar-refractivity contribution < 1.29 is 5.11 Å². The van der Waals surface area contributed by atoms with E-state index in [9.17, 15) is 0 Å². The lowest BCUT2D eigenvalue weighted by Gasteiger charge is -2.04. The molecule has 0 aromatic heterocycles. The van der Waals surface area contributed by atoms with Crippen molar-refractivity contribution in [2.45, 2.75) is 38.5 Å². The third-order valence-corrected chi connectivity index (χ3v) is 1.77. The van der Waals surface area contributed by atoms with Crippen LogP contribution in [-0.4, -0.2) is 5.11 Å². The molecule has 1 N–H and O–H groups in total. The van der Waals surface area contributed by atoms with Gasteiger partial charge in [-0.1, -0.05) is 12.8 Å². The minimum Gasteiger partial charge on any atom is -0.513 e. The normalized spacial score (nSPS) is 27.8. The summed E-state index contributed by atoms with van der Waals surface area (Å²) in [6.07, 6.45) is 8.99. The van der Waals surface area contributed by atoms with E-state index in [2.05, 4.69) is 0 Å². The van der Waals surface area contributed by atoms with Crippen LogP contribution in [0.4, 0.5) is 0 Å². The molecule has 0 radical (unpaired) electrons. The van der Waals surface area contributed by atoms with Gasteiger partial charge in [0.2, 0.25) is 0 Å². The van der Waals surface area contributed by atoms with Gasteiger partial charge in [0.1, 0.15) is 0 Å². The van der Waals surface area contributed by atoms with E-state index >= 15 is 0 Å². The number of aliphatic hydroxyl groups excluding tert-OH is 1. The molecule has 0 spiro atoms. The maximum atomic E-state index is 9.08. The zero-order chi connectivity index (χ0) is 6.53. The van der Waals surface area contributed by atoms with Crippen LogP contribution in [0.2, 0.25) is 0 Å². The average molecular weight is 126 g/mol. The van der Waals surface area contributed by atoms with Gasteiger partial charge in [-0.05, 0) is 25.3 Å². The number of aliphatic hydroxyl groups is 1. The Morgan fingerprint density at radius 2 is 1.89 bits per heavy atom. The summed E-state index contributed by atoms with van der Waals surface area (Å²) in [4.78, 5) is 0. The molecule has 0 unspecified atom stereocenters. The molecular weight excluding hydrogens is 112 g/mol. The molecule has 1 aliphatic rings. The Labute approximate surface area is 56.4 Å². The molecule has 0 aromatic rings. The highest BCUT2D eigenvalue weighted by atomic mass is 16.3. The number of allylic oxidation sites excluding steroid dienone is 2. The maximum absolute atomic E-state index is 9.08. The van der Waals surface area contributed by atoms with Gasteiger partial charge in [0.15, 0.2) is 0 Å². The van der Waals surface area contributed by atoms with Gasteiger partial charge < -0.3 is 5.11 Å². The summed E-state index contributed by atoms with van der Waals surface area (Å²) in [5.74, 6) is 0.606. The monoisotopic (exact) mass is 126 g/mol. The molecule has 0 heterocycles. The molecule has 0 atom stereocenters. The van der Waals surface area contributed by atoms with Crippen LogP contribution in [0.15, 0.2) is 11.8 Å². The smallest absolute Gasteiger partial charge is 0.0882 e. The van der Waals surface area contributed by atoms with Crippen LogP contribution in [0.5, 0.6) is 0 Å². The molecule has 0 bridgehead atoms. The zero-order valence-electron chi connectivity index (χ0n) is 5.77. The number of hydrogen-bond acceptors (Lipinski definition) is 1. The summed E-state index contributed by atoms with van der Waals surface area (Å²) in [5, 5.41) is 9.08. The van der Waals surface area contributed by atoms with Crippen LogP contribution in [0, 0.1) is 0 Å². The largest absolute Gasteiger partial charge is 0.513 e. The third-order valence-electron chi connectivity index (χ3n) is 1.77. The van der Waals surface area contributed by atoms with Crippen LogP contribution in [0.25, 0.3) is 0 Å². The van der Waals surface area contributed by atoms with E-state index in [1.807, 2.05) is 6.08 Å². The van der Waals surface area contributed by atoms with Gasteiger partial charge in [0, 0.05) is 6.42 Å². The molecule has 0 saturated heterocycles. The molecule has 9 heavy (non-hydrogen) atoms. The maximum Gasteiger partial charge on any atom is 0.0882 e. The summed E-state index contributed by atoms with van der Waals surface area (Å²) in [5.41, 5.74) is 0. The molecule has 0 amide bonds. The topological polar surface area (TPSA) is 20.2 Å². The van der Waals surface area contributed by atoms with Gasteiger partial charge in [0.05, 0.1) is 5.76 Å². The van der Waals surface area contributed by atoms with Crippen LogP contribution < -0.4 is 0 Å². The quantitative estimate of drug-likeness (QED) is 0.529. The Kier molecular flexibility index (Phi) is 2.62. The van der Waals surface area contributed by atoms with Crippen molar-refractivity contribution in [1.29, 1.82) is 0 Å². The van der Waals surface area contributed by atoms with Crippen molar-refractivity contribution >= 4 is 0 Å². The predicted octanol–water partition coefficient (Wildman–Crippen LogP) is 2.78. The molecule has 1 heteroatoms. The van der Waals surface area contributed by atoms with Crippen LogP contribution in [0.3, 0.4) is 0 Å². The number of rotatable bonds is 0. The Morgan fingerprint density at radius 1 is 1.11 bits per heavy atom. The van der Waals surface area contributed by atoms with E-state index in [1.165, 1.54) is 25.7 Å². The average Bonchev–Trinajstić information content (AvgIpc) is 1.79. The van der Waals surface area contributed by atoms with Gasteiger partial charge in [-0.3, -0.25) is 0 Å². The second kappa shape index (κ2) is 3.54. The predicted molar refractivity (Wildman–Crippen MR) is 38.4 cm³/mol. The summed E-state index contributed by atoms with van der Waals surface area (Å²) >= 11 is 0. The summed E-state index contributed by atoms with van der Waals surface area (Å²) in [6.45, 7) is 0. The molecule has 1 rings (SSSR count). The van der Waals surface area contributed by atoms with Gasteiger partial charge in [0.25, 0.3) is 0 Å². The Bertz CT molecular complexity index is 105. The first kappa shape index (κ1) is 6.66. The lowest BCUT2D eigenvalue weighted by atomic mass is 10.1. The SMILES string of the molecule is O/C1=C/CCCCCC1. The minimum atomic E-state index is 0.606. The molecule has 0 saturated carbocycles. The lowest BCUT2D eigenvalue weighted by Crippen LogP contribution is -1.87. The molecule has 0 aromatic carbocycles. The molecular formula is C8H14O. The highest BCUT2D eigenvalue weighted by molar-refractivity contribution is 4.91. The van der Waals surface area contributed by atoms with Crippen molar-refractivity contribution in [2.75, 3.05) is 0 Å². The van der Waals surface area contributed by atoms with Gasteiger partial charge >= 0.3 is 0 Å². The molecule has 0 aliphatic heterocycles. The van der Waals surface area contributed by atoms with Gasteiger partial charge in [-0.15, -0.1) is 0 Å². The lowest BCUT2D eigenvalue weighted by molar-refractivity contribution is 0.372. The fourth-order valence-corrected chi connectivity index (χ4v) is 1.17. The van der Waals surface area contributed by atoms with E-state index in [0.717, 1.165) is 12.8 Å². The standard InChI is InChI=1S/C8H14O/c9-8-6-4-2-1-3-5-7-8/h6,9H,1-5,7H2/b8-6+. The van der Waals surface area contributed by atoms with Gasteiger partial charge in [-0.25, -0.2) is 0 Å². The second-order valence-corrected chi connectivity index (χ2v) is 2.65. The molecule has 1 aliphatic carbocycles. The van der Waals surface area contributed by atoms with Crippen LogP contribution in [-0.2, 0) is 0 Å². The fourth-order valence-electron chi connectivity index (χ4n) is 1.17. The second-order valence-electron chi connectivity index (χ2n) is 2.65. The van der Waals surface area contributed by atoms with Crippen LogP contribution in [0.1, 0.15) is 38.5 Å². The van der Waals surface area contributed by atoms with Crippen molar-refractivity contribution in [3.63, 3.8) is 0 Å². The number of hydrogen-bond donors (Lipinski definition) is 1. The van der Waals surface area contributed by atoms with E-state index < -0.39 is 0 Å². The highest BCUT2D eigenvalue weighted by Gasteiger charge is 1.97. The summed E-state index contributed by atoms with van der Waals surface area (Å²) in [6, 6.07) is 0. The Morgan fingerprint density at radius 3 is 2.78 bits per heavy atom. The van der Waals surface area contributed by atoms with Crippen LogP contribution >= 0.6 is 0 Å². The summed E-state index contributed by atoms with van der Waals surface area (Å²) in [7, 11) is 0. The van der Waals surface area contributed by atoms with Crippen molar-refractivity contribution in [3.05, 3.63) is 11.8 Å². The fraction of sp³-hybridized carbons (Fsp3) is 0.750. The molecule has 0 fully saturated rings. The minimum absolute atomic E-state index is 0.606. The van der Waals surface area contributed by atoms with E-state index in [4.69, 9.17) is 5.11 Å². The highest BCUT2D eigenvalue weighted by Crippen LogP contribution is 2.14. The summed E-state index contributed by atoms with van der Waals surface area (Å²) < 4.78 is 0. The van der Waals surface area contributed by atoms with Gasteiger partial charge in [-0.2, -0.15) is 0 Å². The molecule has 1 nitrogen and oxygen atoms in total. The van der Waals surface area contributed by atoms with E-state index in [1.54, 1.807) is 0 Å². The van der Waals surface area contributed by atoms with Crippen molar-refractivity contribution in [3.8, 4) is 0 Å². The van der Waals surface area contributed by atoms with Crippen molar-refractivity contribution in [1.82, 2.24) is 0 Å². The van der Waals surface area contributed by atoms with E-state index in [0.29, 0.717) is 5.76 Å². The Balaban J connectivity index is 2.32. The third kappa shape index (κ3) is 2.54. The van der Waals surface area contributed by atoms with Crippen molar-refractivity contribution in [2.24, 2.45) is 0 Å². The zero-order valence-corrected chi connectivity index (χ0v) is 5.77. The first-order valence-electron chi connectivity index (χ1n) is 3.77. The Hall–Kier alpha value is -0.460. The molecule has 52 valence electrons. The first-order chi connectivity index (χ1) is 4.39.